The van der Waals surface area contributed by atoms with E-state index in [9.17, 15) is 0 Å². The standard InChI is InChI=1S/C22H21NO2/c1-15-21(16-8-4-3-5-9-16)18-14-17(24-2)11-12-20(18)25-22(15)19-10-6-7-13-23-19/h3-15,21-22H,1-2H3. The van der Waals surface area contributed by atoms with Crippen molar-refractivity contribution in [2.75, 3.05) is 7.11 Å². The van der Waals surface area contributed by atoms with E-state index in [-0.39, 0.29) is 17.9 Å². The monoisotopic (exact) mass is 331 g/mol. The van der Waals surface area contributed by atoms with E-state index < -0.39 is 0 Å². The maximum absolute atomic E-state index is 6.36. The number of fused-ring (bicyclic) bond motifs is 1. The van der Waals surface area contributed by atoms with Crippen molar-refractivity contribution in [2.24, 2.45) is 5.92 Å². The van der Waals surface area contributed by atoms with Crippen molar-refractivity contribution >= 4 is 0 Å². The Labute approximate surface area is 148 Å². The molecule has 0 saturated carbocycles. The van der Waals surface area contributed by atoms with Gasteiger partial charge in [-0.2, -0.15) is 0 Å². The fourth-order valence-corrected chi connectivity index (χ4v) is 3.72. The third-order valence-electron chi connectivity index (χ3n) is 4.95. The SMILES string of the molecule is COc1ccc2c(c1)C(c1ccccc1)C(C)C(c1ccccn1)O2. The first-order chi connectivity index (χ1) is 12.3. The van der Waals surface area contributed by atoms with Crippen LogP contribution in [0.4, 0.5) is 0 Å². The largest absolute Gasteiger partial charge is 0.497 e. The van der Waals surface area contributed by atoms with Crippen molar-refractivity contribution in [3.05, 3.63) is 89.7 Å². The van der Waals surface area contributed by atoms with Gasteiger partial charge in [0.1, 0.15) is 17.6 Å². The van der Waals surface area contributed by atoms with E-state index in [1.54, 1.807) is 7.11 Å². The average molecular weight is 331 g/mol. The summed E-state index contributed by atoms with van der Waals surface area (Å²) in [5.74, 6) is 2.24. The number of nitrogens with zero attached hydrogens (tertiary/aromatic N) is 1. The summed E-state index contributed by atoms with van der Waals surface area (Å²) in [6.45, 7) is 2.24. The number of rotatable bonds is 3. The van der Waals surface area contributed by atoms with Gasteiger partial charge < -0.3 is 9.47 Å². The lowest BCUT2D eigenvalue weighted by Crippen LogP contribution is -2.29. The van der Waals surface area contributed by atoms with Crippen LogP contribution in [0.2, 0.25) is 0 Å². The lowest BCUT2D eigenvalue weighted by molar-refractivity contribution is 0.107. The molecule has 1 aliphatic rings. The quantitative estimate of drug-likeness (QED) is 0.677. The molecule has 2 aromatic carbocycles. The third-order valence-corrected chi connectivity index (χ3v) is 4.95. The lowest BCUT2D eigenvalue weighted by atomic mass is 9.76. The van der Waals surface area contributed by atoms with Crippen LogP contribution < -0.4 is 9.47 Å². The molecule has 25 heavy (non-hydrogen) atoms. The smallest absolute Gasteiger partial charge is 0.144 e. The second kappa shape index (κ2) is 6.60. The van der Waals surface area contributed by atoms with Crippen LogP contribution in [-0.4, -0.2) is 12.1 Å². The van der Waals surface area contributed by atoms with Crippen molar-refractivity contribution in [1.29, 1.82) is 0 Å². The van der Waals surface area contributed by atoms with Gasteiger partial charge in [-0.1, -0.05) is 43.3 Å². The summed E-state index contributed by atoms with van der Waals surface area (Å²) < 4.78 is 11.8. The molecule has 1 aromatic heterocycles. The first-order valence-electron chi connectivity index (χ1n) is 8.58. The van der Waals surface area contributed by atoms with Gasteiger partial charge >= 0.3 is 0 Å². The number of aromatic nitrogens is 1. The second-order valence-electron chi connectivity index (χ2n) is 6.44. The zero-order valence-corrected chi connectivity index (χ0v) is 14.4. The Bertz CT molecular complexity index is 848. The van der Waals surface area contributed by atoms with Crippen LogP contribution in [0.15, 0.2) is 72.9 Å². The highest BCUT2D eigenvalue weighted by Gasteiger charge is 2.38. The summed E-state index contributed by atoms with van der Waals surface area (Å²) >= 11 is 0. The van der Waals surface area contributed by atoms with E-state index in [1.165, 1.54) is 11.1 Å². The number of benzene rings is 2. The van der Waals surface area contributed by atoms with Crippen LogP contribution in [0.3, 0.4) is 0 Å². The molecule has 0 fully saturated rings. The maximum Gasteiger partial charge on any atom is 0.144 e. The Kier molecular flexibility index (Phi) is 4.14. The summed E-state index contributed by atoms with van der Waals surface area (Å²) in [5.41, 5.74) is 3.43. The third kappa shape index (κ3) is 2.86. The van der Waals surface area contributed by atoms with E-state index in [2.05, 4.69) is 48.3 Å². The average Bonchev–Trinajstić information content (AvgIpc) is 2.68. The van der Waals surface area contributed by atoms with Crippen LogP contribution in [-0.2, 0) is 0 Å². The molecule has 3 nitrogen and oxygen atoms in total. The van der Waals surface area contributed by atoms with Gasteiger partial charge in [-0.25, -0.2) is 0 Å². The first-order valence-corrected chi connectivity index (χ1v) is 8.58. The predicted molar refractivity (Wildman–Crippen MR) is 98.0 cm³/mol. The summed E-state index contributed by atoms with van der Waals surface area (Å²) in [6, 6.07) is 22.6. The van der Waals surface area contributed by atoms with Gasteiger partial charge in [-0.3, -0.25) is 4.98 Å². The van der Waals surface area contributed by atoms with Gasteiger partial charge in [0.2, 0.25) is 0 Å². The van der Waals surface area contributed by atoms with Gasteiger partial charge in [0.25, 0.3) is 0 Å². The van der Waals surface area contributed by atoms with Crippen LogP contribution in [0.1, 0.15) is 35.8 Å². The summed E-state index contributed by atoms with van der Waals surface area (Å²) in [6.07, 6.45) is 1.75. The van der Waals surface area contributed by atoms with Crippen LogP contribution >= 0.6 is 0 Å². The van der Waals surface area contributed by atoms with Gasteiger partial charge in [-0.15, -0.1) is 0 Å². The predicted octanol–water partition coefficient (Wildman–Crippen LogP) is 4.99. The highest BCUT2D eigenvalue weighted by molar-refractivity contribution is 5.49. The molecule has 0 radical (unpaired) electrons. The van der Waals surface area contributed by atoms with Crippen molar-refractivity contribution in [1.82, 2.24) is 4.98 Å². The highest BCUT2D eigenvalue weighted by Crippen LogP contribution is 2.49. The van der Waals surface area contributed by atoms with E-state index in [1.807, 2.05) is 36.5 Å². The van der Waals surface area contributed by atoms with E-state index in [0.717, 1.165) is 17.2 Å². The molecular formula is C22H21NO2. The molecule has 0 aliphatic carbocycles. The molecule has 3 atom stereocenters. The normalized spacial score (nSPS) is 21.9. The van der Waals surface area contributed by atoms with Gasteiger partial charge in [0.05, 0.1) is 12.8 Å². The molecule has 0 spiro atoms. The van der Waals surface area contributed by atoms with Gasteiger partial charge in [0.15, 0.2) is 0 Å². The maximum atomic E-state index is 6.36. The van der Waals surface area contributed by atoms with Crippen LogP contribution in [0.5, 0.6) is 11.5 Å². The highest BCUT2D eigenvalue weighted by atomic mass is 16.5. The van der Waals surface area contributed by atoms with Crippen molar-refractivity contribution in [3.63, 3.8) is 0 Å². The Morgan fingerprint density at radius 1 is 0.960 bits per heavy atom. The van der Waals surface area contributed by atoms with E-state index in [4.69, 9.17) is 9.47 Å². The number of ether oxygens (including phenoxy) is 2. The number of methoxy groups -OCH3 is 1. The fourth-order valence-electron chi connectivity index (χ4n) is 3.72. The van der Waals surface area contributed by atoms with Gasteiger partial charge in [-0.05, 0) is 35.9 Å². The molecule has 2 heterocycles. The molecule has 0 bridgehead atoms. The fraction of sp³-hybridized carbons (Fsp3) is 0.227. The van der Waals surface area contributed by atoms with Crippen molar-refractivity contribution in [3.8, 4) is 11.5 Å². The summed E-state index contributed by atoms with van der Waals surface area (Å²) in [7, 11) is 1.70. The molecule has 0 saturated heterocycles. The van der Waals surface area contributed by atoms with Gasteiger partial charge in [0, 0.05) is 23.6 Å². The summed E-state index contributed by atoms with van der Waals surface area (Å²) in [5, 5.41) is 0. The number of hydrogen-bond donors (Lipinski definition) is 0. The molecule has 3 unspecified atom stereocenters. The molecule has 3 heteroatoms. The van der Waals surface area contributed by atoms with Crippen LogP contribution in [0, 0.1) is 5.92 Å². The molecule has 126 valence electrons. The first kappa shape index (κ1) is 15.7. The van der Waals surface area contributed by atoms with Crippen LogP contribution in [0.25, 0.3) is 0 Å². The Balaban J connectivity index is 1.85. The minimum Gasteiger partial charge on any atom is -0.497 e. The Morgan fingerprint density at radius 3 is 2.48 bits per heavy atom. The molecule has 0 N–H and O–H groups in total. The van der Waals surface area contributed by atoms with E-state index >= 15 is 0 Å². The zero-order chi connectivity index (χ0) is 17.2. The number of hydrogen-bond acceptors (Lipinski definition) is 3. The lowest BCUT2D eigenvalue weighted by Gasteiger charge is -2.38. The zero-order valence-electron chi connectivity index (χ0n) is 14.4. The minimum atomic E-state index is -0.0766. The topological polar surface area (TPSA) is 31.4 Å². The molecule has 4 rings (SSSR count). The number of pyridine rings is 1. The Morgan fingerprint density at radius 2 is 1.76 bits per heavy atom. The van der Waals surface area contributed by atoms with Crippen molar-refractivity contribution in [2.45, 2.75) is 18.9 Å². The molecule has 0 amide bonds. The second-order valence-corrected chi connectivity index (χ2v) is 6.44. The Hall–Kier alpha value is -2.81. The molecule has 3 aromatic rings. The summed E-state index contributed by atoms with van der Waals surface area (Å²) in [4.78, 5) is 4.54. The molecule has 1 aliphatic heterocycles. The molecular weight excluding hydrogens is 310 g/mol. The van der Waals surface area contributed by atoms with Crippen molar-refractivity contribution < 1.29 is 9.47 Å². The minimum absolute atomic E-state index is 0.0766. The van der Waals surface area contributed by atoms with E-state index in [0.29, 0.717) is 0 Å².